The summed E-state index contributed by atoms with van der Waals surface area (Å²) in [5, 5.41) is 7.01. The molecule has 2 heterocycles. The maximum Gasteiger partial charge on any atom is 0.00730 e. The van der Waals surface area contributed by atoms with Gasteiger partial charge in [0.25, 0.3) is 0 Å². The number of piperidine rings is 1. The van der Waals surface area contributed by atoms with Crippen molar-refractivity contribution in [2.75, 3.05) is 13.1 Å². The zero-order valence-corrected chi connectivity index (χ0v) is 8.14. The summed E-state index contributed by atoms with van der Waals surface area (Å²) in [5.41, 5.74) is 0. The quantitative estimate of drug-likeness (QED) is 0.610. The minimum atomic E-state index is 0.737. The molecule has 0 aromatic heterocycles. The molecule has 0 bridgehead atoms. The fourth-order valence-corrected chi connectivity index (χ4v) is 2.61. The van der Waals surface area contributed by atoms with E-state index in [9.17, 15) is 0 Å². The molecule has 2 aliphatic rings. The lowest BCUT2D eigenvalue weighted by Crippen LogP contribution is -2.55. The Morgan fingerprint density at radius 1 is 1.08 bits per heavy atom. The Hall–Kier alpha value is -0.0800. The molecule has 2 fully saturated rings. The zero-order valence-electron chi connectivity index (χ0n) is 8.14. The number of rotatable bonds is 1. The molecule has 70 valence electrons. The Kier molecular flexibility index (Phi) is 2.37. The van der Waals surface area contributed by atoms with Crippen molar-refractivity contribution in [2.24, 2.45) is 11.8 Å². The van der Waals surface area contributed by atoms with Crippen LogP contribution in [-0.2, 0) is 0 Å². The summed E-state index contributed by atoms with van der Waals surface area (Å²) in [4.78, 5) is 0. The second-order valence-corrected chi connectivity index (χ2v) is 4.52. The van der Waals surface area contributed by atoms with E-state index in [4.69, 9.17) is 0 Å². The Morgan fingerprint density at radius 2 is 1.83 bits per heavy atom. The van der Waals surface area contributed by atoms with Gasteiger partial charge in [-0.1, -0.05) is 0 Å². The molecule has 3 unspecified atom stereocenters. The second-order valence-electron chi connectivity index (χ2n) is 4.52. The molecule has 0 aromatic carbocycles. The smallest absolute Gasteiger partial charge is 0.00730 e. The molecule has 0 amide bonds. The molecular formula is C10H20N2. The average Bonchev–Trinajstić information content (AvgIpc) is 1.91. The normalized spacial score (nSPS) is 44.0. The molecule has 3 atom stereocenters. The highest BCUT2D eigenvalue weighted by Gasteiger charge is 2.33. The maximum absolute atomic E-state index is 3.65. The van der Waals surface area contributed by atoms with Crippen LogP contribution >= 0.6 is 0 Å². The molecule has 12 heavy (non-hydrogen) atoms. The van der Waals surface area contributed by atoms with Gasteiger partial charge in [-0.3, -0.25) is 0 Å². The maximum atomic E-state index is 3.65. The van der Waals surface area contributed by atoms with E-state index in [-0.39, 0.29) is 0 Å². The zero-order chi connectivity index (χ0) is 8.55. The summed E-state index contributed by atoms with van der Waals surface area (Å²) >= 11 is 0. The fourth-order valence-electron chi connectivity index (χ4n) is 2.61. The predicted octanol–water partition coefficient (Wildman–Crippen LogP) is 0.982. The van der Waals surface area contributed by atoms with Gasteiger partial charge in [0.15, 0.2) is 0 Å². The topological polar surface area (TPSA) is 24.1 Å². The van der Waals surface area contributed by atoms with Crippen molar-refractivity contribution >= 4 is 0 Å². The van der Waals surface area contributed by atoms with Gasteiger partial charge in [-0.25, -0.2) is 0 Å². The van der Waals surface area contributed by atoms with Gasteiger partial charge >= 0.3 is 0 Å². The van der Waals surface area contributed by atoms with Gasteiger partial charge in [-0.15, -0.1) is 0 Å². The molecule has 2 rings (SSSR count). The van der Waals surface area contributed by atoms with Crippen LogP contribution in [0.2, 0.25) is 0 Å². The molecule has 2 aliphatic heterocycles. The van der Waals surface area contributed by atoms with Crippen LogP contribution in [0.25, 0.3) is 0 Å². The van der Waals surface area contributed by atoms with Crippen molar-refractivity contribution in [1.82, 2.24) is 10.6 Å². The highest BCUT2D eigenvalue weighted by Crippen LogP contribution is 2.28. The minimum Gasteiger partial charge on any atom is -0.316 e. The highest BCUT2D eigenvalue weighted by molar-refractivity contribution is 4.91. The van der Waals surface area contributed by atoms with Crippen molar-refractivity contribution in [2.45, 2.75) is 38.8 Å². The van der Waals surface area contributed by atoms with Crippen molar-refractivity contribution in [3.8, 4) is 0 Å². The summed E-state index contributed by atoms with van der Waals surface area (Å²) < 4.78 is 0. The van der Waals surface area contributed by atoms with Gasteiger partial charge in [0, 0.05) is 12.1 Å². The monoisotopic (exact) mass is 168 g/mol. The number of hydrogen-bond donors (Lipinski definition) is 2. The first-order valence-electron chi connectivity index (χ1n) is 5.24. The first-order valence-corrected chi connectivity index (χ1v) is 5.24. The molecule has 0 radical (unpaired) electrons. The summed E-state index contributed by atoms with van der Waals surface area (Å²) in [6.07, 6.45) is 2.80. The first kappa shape index (κ1) is 8.52. The van der Waals surface area contributed by atoms with E-state index >= 15 is 0 Å². The van der Waals surface area contributed by atoms with Gasteiger partial charge in [0.1, 0.15) is 0 Å². The van der Waals surface area contributed by atoms with Crippen LogP contribution in [0.1, 0.15) is 26.7 Å². The van der Waals surface area contributed by atoms with Crippen LogP contribution < -0.4 is 10.6 Å². The predicted molar refractivity (Wildman–Crippen MR) is 51.1 cm³/mol. The second kappa shape index (κ2) is 3.35. The van der Waals surface area contributed by atoms with Crippen molar-refractivity contribution in [1.29, 1.82) is 0 Å². The van der Waals surface area contributed by atoms with Crippen molar-refractivity contribution in [3.05, 3.63) is 0 Å². The molecule has 0 aromatic rings. The SMILES string of the molecule is CC1CCC(C2CNC2)C(C)N1. The largest absolute Gasteiger partial charge is 0.316 e. The Morgan fingerprint density at radius 3 is 2.33 bits per heavy atom. The van der Waals surface area contributed by atoms with E-state index in [0.29, 0.717) is 0 Å². The fraction of sp³-hybridized carbons (Fsp3) is 1.00. The molecule has 0 aliphatic carbocycles. The van der Waals surface area contributed by atoms with Gasteiger partial charge in [0.05, 0.1) is 0 Å². The van der Waals surface area contributed by atoms with Gasteiger partial charge in [-0.05, 0) is 51.6 Å². The van der Waals surface area contributed by atoms with Crippen LogP contribution in [0.5, 0.6) is 0 Å². The van der Waals surface area contributed by atoms with Gasteiger partial charge < -0.3 is 10.6 Å². The third-order valence-electron chi connectivity index (χ3n) is 3.54. The highest BCUT2D eigenvalue weighted by atomic mass is 15.0. The van der Waals surface area contributed by atoms with Crippen molar-refractivity contribution in [3.63, 3.8) is 0 Å². The third kappa shape index (κ3) is 1.50. The number of nitrogens with one attached hydrogen (secondary N) is 2. The summed E-state index contributed by atoms with van der Waals surface area (Å²) in [6.45, 7) is 7.15. The number of hydrogen-bond acceptors (Lipinski definition) is 2. The molecule has 2 nitrogen and oxygen atoms in total. The van der Waals surface area contributed by atoms with E-state index in [0.717, 1.165) is 23.9 Å². The summed E-state index contributed by atoms with van der Waals surface area (Å²) in [7, 11) is 0. The Bertz CT molecular complexity index is 154. The Labute approximate surface area is 75.1 Å². The third-order valence-corrected chi connectivity index (χ3v) is 3.54. The van der Waals surface area contributed by atoms with Crippen LogP contribution in [0.15, 0.2) is 0 Å². The molecular weight excluding hydrogens is 148 g/mol. The van der Waals surface area contributed by atoms with Crippen molar-refractivity contribution < 1.29 is 0 Å². The standard InChI is InChI=1S/C10H20N2/c1-7-3-4-10(8(2)12-7)9-5-11-6-9/h7-12H,3-6H2,1-2H3. The van der Waals surface area contributed by atoms with Crippen LogP contribution in [0, 0.1) is 11.8 Å². The summed E-state index contributed by atoms with van der Waals surface area (Å²) in [6, 6.07) is 1.48. The molecule has 2 N–H and O–H groups in total. The lowest BCUT2D eigenvalue weighted by Gasteiger charge is -2.43. The molecule has 2 saturated heterocycles. The molecule has 2 heteroatoms. The van der Waals surface area contributed by atoms with E-state index in [2.05, 4.69) is 24.5 Å². The molecule has 0 spiro atoms. The summed E-state index contributed by atoms with van der Waals surface area (Å²) in [5.74, 6) is 1.89. The van der Waals surface area contributed by atoms with E-state index in [1.54, 1.807) is 0 Å². The van der Waals surface area contributed by atoms with E-state index < -0.39 is 0 Å². The first-order chi connectivity index (χ1) is 5.77. The van der Waals surface area contributed by atoms with Gasteiger partial charge in [-0.2, -0.15) is 0 Å². The van der Waals surface area contributed by atoms with Crippen LogP contribution in [0.4, 0.5) is 0 Å². The Balaban J connectivity index is 1.88. The minimum absolute atomic E-state index is 0.737. The average molecular weight is 168 g/mol. The van der Waals surface area contributed by atoms with Crippen LogP contribution in [-0.4, -0.2) is 25.2 Å². The van der Waals surface area contributed by atoms with E-state index in [1.807, 2.05) is 0 Å². The lowest BCUT2D eigenvalue weighted by atomic mass is 9.77. The lowest BCUT2D eigenvalue weighted by molar-refractivity contribution is 0.138. The van der Waals surface area contributed by atoms with Crippen LogP contribution in [0.3, 0.4) is 0 Å². The molecule has 0 saturated carbocycles. The van der Waals surface area contributed by atoms with Gasteiger partial charge in [0.2, 0.25) is 0 Å². The van der Waals surface area contributed by atoms with E-state index in [1.165, 1.54) is 25.9 Å².